The number of nitrogens with zero attached hydrogens (tertiary/aromatic N) is 1. The Bertz CT molecular complexity index is 938. The first-order valence-electron chi connectivity index (χ1n) is 9.07. The van der Waals surface area contributed by atoms with Crippen molar-refractivity contribution in [2.24, 2.45) is 0 Å². The van der Waals surface area contributed by atoms with Gasteiger partial charge in [0.25, 0.3) is 11.8 Å². The van der Waals surface area contributed by atoms with Gasteiger partial charge in [-0.05, 0) is 31.0 Å². The molecule has 0 radical (unpaired) electrons. The Morgan fingerprint density at radius 2 is 1.61 bits per heavy atom. The minimum Gasteiger partial charge on any atom is -0.399 e. The van der Waals surface area contributed by atoms with Crippen molar-refractivity contribution in [2.45, 2.75) is 12.8 Å². The van der Waals surface area contributed by atoms with Crippen LogP contribution < -0.4 is 16.4 Å². The van der Waals surface area contributed by atoms with Crippen LogP contribution in [0.2, 0.25) is 0 Å². The lowest BCUT2D eigenvalue weighted by Crippen LogP contribution is -2.27. The summed E-state index contributed by atoms with van der Waals surface area (Å²) in [6.07, 6.45) is 1.47. The SMILES string of the molecule is Nc1cccc(C(=O)NCCCCNC(=O)c2cc(-c3ccccc3)on2)c1. The third-order valence-corrected chi connectivity index (χ3v) is 4.12. The Labute approximate surface area is 162 Å². The summed E-state index contributed by atoms with van der Waals surface area (Å²) < 4.78 is 5.23. The van der Waals surface area contributed by atoms with Crippen molar-refractivity contribution in [3.8, 4) is 11.3 Å². The lowest BCUT2D eigenvalue weighted by atomic mass is 10.1. The number of carbonyl (C=O) groups excluding carboxylic acids is 2. The minimum absolute atomic E-state index is 0.160. The number of benzene rings is 2. The molecule has 0 spiro atoms. The summed E-state index contributed by atoms with van der Waals surface area (Å²) in [6, 6.07) is 17.9. The molecule has 2 aromatic carbocycles. The summed E-state index contributed by atoms with van der Waals surface area (Å²) in [5.74, 6) is 0.108. The van der Waals surface area contributed by atoms with Crippen molar-refractivity contribution >= 4 is 17.5 Å². The summed E-state index contributed by atoms with van der Waals surface area (Å²) in [6.45, 7) is 1.01. The topological polar surface area (TPSA) is 110 Å². The molecule has 3 aromatic rings. The van der Waals surface area contributed by atoms with E-state index in [0.29, 0.717) is 30.1 Å². The highest BCUT2D eigenvalue weighted by atomic mass is 16.5. The van der Waals surface area contributed by atoms with Gasteiger partial charge in [-0.1, -0.05) is 41.6 Å². The van der Waals surface area contributed by atoms with E-state index in [1.165, 1.54) is 0 Å². The number of nitrogens with two attached hydrogens (primary N) is 1. The molecule has 0 saturated heterocycles. The highest BCUT2D eigenvalue weighted by molar-refractivity contribution is 5.95. The van der Waals surface area contributed by atoms with Crippen molar-refractivity contribution < 1.29 is 14.1 Å². The van der Waals surface area contributed by atoms with Gasteiger partial charge in [-0.2, -0.15) is 0 Å². The van der Waals surface area contributed by atoms with Gasteiger partial charge in [-0.25, -0.2) is 0 Å². The van der Waals surface area contributed by atoms with Gasteiger partial charge in [0.1, 0.15) is 0 Å². The first kappa shape index (κ1) is 19.2. The molecule has 28 heavy (non-hydrogen) atoms. The molecule has 0 saturated carbocycles. The van der Waals surface area contributed by atoms with Gasteiger partial charge in [0.05, 0.1) is 0 Å². The maximum Gasteiger partial charge on any atom is 0.273 e. The first-order valence-corrected chi connectivity index (χ1v) is 9.07. The van der Waals surface area contributed by atoms with E-state index in [1.807, 2.05) is 30.3 Å². The van der Waals surface area contributed by atoms with Crippen LogP contribution in [0.4, 0.5) is 5.69 Å². The van der Waals surface area contributed by atoms with E-state index < -0.39 is 0 Å². The fraction of sp³-hybridized carbons (Fsp3) is 0.190. The van der Waals surface area contributed by atoms with Crippen LogP contribution in [0.5, 0.6) is 0 Å². The normalized spacial score (nSPS) is 10.4. The molecular formula is C21H22N4O3. The number of amides is 2. The average molecular weight is 378 g/mol. The second kappa shape index (κ2) is 9.36. The predicted octanol–water partition coefficient (Wildman–Crippen LogP) is 2.86. The van der Waals surface area contributed by atoms with Crippen LogP contribution in [0.25, 0.3) is 11.3 Å². The van der Waals surface area contributed by atoms with Crippen molar-refractivity contribution in [1.82, 2.24) is 15.8 Å². The van der Waals surface area contributed by atoms with Gasteiger partial charge in [-0.15, -0.1) is 0 Å². The first-order chi connectivity index (χ1) is 13.6. The maximum absolute atomic E-state index is 12.1. The zero-order valence-corrected chi connectivity index (χ0v) is 15.4. The number of rotatable bonds is 8. The van der Waals surface area contributed by atoms with E-state index in [4.69, 9.17) is 10.3 Å². The van der Waals surface area contributed by atoms with Crippen molar-refractivity contribution in [2.75, 3.05) is 18.8 Å². The number of hydrogen-bond acceptors (Lipinski definition) is 5. The van der Waals surface area contributed by atoms with E-state index in [2.05, 4.69) is 15.8 Å². The average Bonchev–Trinajstić information content (AvgIpc) is 3.21. The van der Waals surface area contributed by atoms with Crippen LogP contribution in [0.1, 0.15) is 33.7 Å². The van der Waals surface area contributed by atoms with Crippen molar-refractivity contribution in [3.05, 3.63) is 71.9 Å². The Morgan fingerprint density at radius 3 is 2.32 bits per heavy atom. The summed E-state index contributed by atoms with van der Waals surface area (Å²) in [4.78, 5) is 24.1. The van der Waals surface area contributed by atoms with E-state index in [0.717, 1.165) is 18.4 Å². The largest absolute Gasteiger partial charge is 0.399 e. The molecule has 7 nitrogen and oxygen atoms in total. The Morgan fingerprint density at radius 1 is 0.893 bits per heavy atom. The molecule has 0 unspecified atom stereocenters. The number of carbonyl (C=O) groups is 2. The zero-order chi connectivity index (χ0) is 19.8. The zero-order valence-electron chi connectivity index (χ0n) is 15.4. The summed E-state index contributed by atoms with van der Waals surface area (Å²) in [5, 5.41) is 9.45. The summed E-state index contributed by atoms with van der Waals surface area (Å²) in [5.41, 5.74) is 7.87. The van der Waals surface area contributed by atoms with Crippen molar-refractivity contribution in [1.29, 1.82) is 0 Å². The molecular weight excluding hydrogens is 356 g/mol. The molecule has 1 heterocycles. The van der Waals surface area contributed by atoms with E-state index in [1.54, 1.807) is 30.3 Å². The number of nitrogen functional groups attached to an aromatic ring is 1. The lowest BCUT2D eigenvalue weighted by molar-refractivity contribution is 0.0934. The molecule has 1 aromatic heterocycles. The molecule has 3 rings (SSSR count). The number of aromatic nitrogens is 1. The minimum atomic E-state index is -0.283. The highest BCUT2D eigenvalue weighted by Gasteiger charge is 2.13. The molecule has 0 fully saturated rings. The Hall–Kier alpha value is -3.61. The van der Waals surface area contributed by atoms with E-state index in [9.17, 15) is 9.59 Å². The highest BCUT2D eigenvalue weighted by Crippen LogP contribution is 2.19. The van der Waals surface area contributed by atoms with Crippen molar-refractivity contribution in [3.63, 3.8) is 0 Å². The number of hydrogen-bond donors (Lipinski definition) is 3. The van der Waals surface area contributed by atoms with Gasteiger partial charge in [0.15, 0.2) is 11.5 Å². The second-order valence-corrected chi connectivity index (χ2v) is 6.29. The molecule has 0 aliphatic carbocycles. The van der Waals surface area contributed by atoms with Gasteiger partial charge in [-0.3, -0.25) is 9.59 Å². The molecule has 4 N–H and O–H groups in total. The summed E-state index contributed by atoms with van der Waals surface area (Å²) in [7, 11) is 0. The predicted molar refractivity (Wildman–Crippen MR) is 107 cm³/mol. The molecule has 0 atom stereocenters. The van der Waals surface area contributed by atoms with E-state index in [-0.39, 0.29) is 17.5 Å². The molecule has 7 heteroatoms. The molecule has 0 aliphatic rings. The van der Waals surface area contributed by atoms with E-state index >= 15 is 0 Å². The molecule has 0 bridgehead atoms. The molecule has 2 amide bonds. The van der Waals surface area contributed by atoms with Crippen LogP contribution >= 0.6 is 0 Å². The van der Waals surface area contributed by atoms with Crippen LogP contribution in [0.15, 0.2) is 65.2 Å². The lowest BCUT2D eigenvalue weighted by Gasteiger charge is -2.06. The van der Waals surface area contributed by atoms with Gasteiger partial charge in [0, 0.05) is 36.0 Å². The third kappa shape index (κ3) is 5.20. The number of nitrogens with one attached hydrogen (secondary N) is 2. The van der Waals surface area contributed by atoms with Crippen LogP contribution in [0.3, 0.4) is 0 Å². The number of anilines is 1. The maximum atomic E-state index is 12.1. The fourth-order valence-corrected chi connectivity index (χ4v) is 2.65. The Kier molecular flexibility index (Phi) is 6.41. The van der Waals surface area contributed by atoms with Crippen LogP contribution in [-0.4, -0.2) is 30.1 Å². The smallest absolute Gasteiger partial charge is 0.273 e. The Balaban J connectivity index is 1.36. The summed E-state index contributed by atoms with van der Waals surface area (Å²) >= 11 is 0. The van der Waals surface area contributed by atoms with Crippen LogP contribution in [0, 0.1) is 0 Å². The monoisotopic (exact) mass is 378 g/mol. The standard InChI is InChI=1S/C21H22N4O3/c22-17-10-6-9-16(13-17)20(26)23-11-4-5-12-24-21(27)18-14-19(28-25-18)15-7-2-1-3-8-15/h1-3,6-10,13-14H,4-5,11-12,22H2,(H,23,26)(H,24,27). The molecule has 0 aliphatic heterocycles. The number of unbranched alkanes of at least 4 members (excludes halogenated alkanes) is 1. The van der Waals surface area contributed by atoms with Gasteiger partial charge >= 0.3 is 0 Å². The quantitative estimate of drug-likeness (QED) is 0.412. The second-order valence-electron chi connectivity index (χ2n) is 6.29. The van der Waals surface area contributed by atoms with Gasteiger partial charge in [0.2, 0.25) is 0 Å². The fourth-order valence-electron chi connectivity index (χ4n) is 2.65. The third-order valence-electron chi connectivity index (χ3n) is 4.12. The molecule has 144 valence electrons. The van der Waals surface area contributed by atoms with Crippen LogP contribution in [-0.2, 0) is 0 Å². The van der Waals surface area contributed by atoms with Gasteiger partial charge < -0.3 is 20.9 Å².